The molecule has 4 nitrogen and oxygen atoms in total. The maximum Gasteiger partial charge on any atom is 0.237 e. The first kappa shape index (κ1) is 13.9. The van der Waals surface area contributed by atoms with E-state index < -0.39 is 5.54 Å². The van der Waals surface area contributed by atoms with Gasteiger partial charge in [0, 0.05) is 12.5 Å². The van der Waals surface area contributed by atoms with E-state index >= 15 is 0 Å². The third kappa shape index (κ3) is 3.70. The molecule has 104 valence electrons. The molecule has 1 amide bonds. The molecule has 0 bridgehead atoms. The highest BCUT2D eigenvalue weighted by Crippen LogP contribution is 2.24. The molecule has 0 spiro atoms. The Morgan fingerprint density at radius 3 is 2.74 bits per heavy atom. The zero-order valence-electron chi connectivity index (χ0n) is 11.6. The Morgan fingerprint density at radius 1 is 1.47 bits per heavy atom. The van der Waals surface area contributed by atoms with Gasteiger partial charge in [0.15, 0.2) is 0 Å². The number of primary amides is 1. The normalized spacial score (nSPS) is 17.8. The second-order valence-electron chi connectivity index (χ2n) is 5.48. The van der Waals surface area contributed by atoms with Crippen molar-refractivity contribution in [2.24, 2.45) is 5.73 Å². The van der Waals surface area contributed by atoms with Gasteiger partial charge >= 0.3 is 0 Å². The summed E-state index contributed by atoms with van der Waals surface area (Å²) in [7, 11) is 0. The number of aryl methyl sites for hydroxylation is 1. The molecule has 3 N–H and O–H groups in total. The van der Waals surface area contributed by atoms with Crippen LogP contribution < -0.4 is 15.8 Å². The average Bonchev–Trinajstić information content (AvgIpc) is 3.15. The minimum absolute atomic E-state index is 0.312. The fraction of sp³-hybridized carbons (Fsp3) is 0.533. The number of nitrogens with one attached hydrogen (secondary N) is 1. The quantitative estimate of drug-likeness (QED) is 0.787. The fourth-order valence-corrected chi connectivity index (χ4v) is 2.03. The van der Waals surface area contributed by atoms with Crippen molar-refractivity contribution in [3.8, 4) is 5.75 Å². The summed E-state index contributed by atoms with van der Waals surface area (Å²) in [4.78, 5) is 11.6. The van der Waals surface area contributed by atoms with Gasteiger partial charge in [0.1, 0.15) is 5.75 Å². The van der Waals surface area contributed by atoms with Crippen LogP contribution in [-0.2, 0) is 4.79 Å². The summed E-state index contributed by atoms with van der Waals surface area (Å²) in [6, 6.07) is 8.30. The Labute approximate surface area is 114 Å². The third-order valence-electron chi connectivity index (χ3n) is 3.60. The van der Waals surface area contributed by atoms with E-state index in [4.69, 9.17) is 10.5 Å². The van der Waals surface area contributed by atoms with E-state index in [1.165, 1.54) is 0 Å². The summed E-state index contributed by atoms with van der Waals surface area (Å²) in [5, 5.41) is 3.31. The molecule has 0 heterocycles. The van der Waals surface area contributed by atoms with Crippen LogP contribution in [0.25, 0.3) is 0 Å². The fourth-order valence-electron chi connectivity index (χ4n) is 2.03. The molecule has 1 unspecified atom stereocenters. The van der Waals surface area contributed by atoms with Crippen molar-refractivity contribution >= 4 is 5.91 Å². The summed E-state index contributed by atoms with van der Waals surface area (Å²) in [5.41, 5.74) is 5.92. The van der Waals surface area contributed by atoms with Crippen molar-refractivity contribution in [1.29, 1.82) is 0 Å². The second kappa shape index (κ2) is 5.61. The number of hydrogen-bond donors (Lipinski definition) is 2. The first-order valence-electron chi connectivity index (χ1n) is 6.77. The third-order valence-corrected chi connectivity index (χ3v) is 3.60. The second-order valence-corrected chi connectivity index (χ2v) is 5.48. The molecule has 1 aliphatic rings. The largest absolute Gasteiger partial charge is 0.493 e. The van der Waals surface area contributed by atoms with Crippen LogP contribution in [0.1, 0.15) is 31.7 Å². The van der Waals surface area contributed by atoms with Crippen molar-refractivity contribution in [3.63, 3.8) is 0 Å². The van der Waals surface area contributed by atoms with Crippen LogP contribution in [0.3, 0.4) is 0 Å². The van der Waals surface area contributed by atoms with Gasteiger partial charge in [-0.2, -0.15) is 0 Å². The number of ether oxygens (including phenoxy) is 1. The molecule has 0 radical (unpaired) electrons. The molecule has 1 saturated carbocycles. The van der Waals surface area contributed by atoms with Crippen LogP contribution in [0.4, 0.5) is 0 Å². The zero-order valence-corrected chi connectivity index (χ0v) is 11.6. The van der Waals surface area contributed by atoms with Gasteiger partial charge in [-0.1, -0.05) is 18.2 Å². The van der Waals surface area contributed by atoms with Gasteiger partial charge in [0.05, 0.1) is 12.1 Å². The lowest BCUT2D eigenvalue weighted by Gasteiger charge is -2.27. The predicted octanol–water partition coefficient (Wildman–Crippen LogP) is 1.76. The summed E-state index contributed by atoms with van der Waals surface area (Å²) in [6.07, 6.45) is 2.83. The van der Waals surface area contributed by atoms with Crippen LogP contribution in [0, 0.1) is 6.92 Å². The molecule has 4 heteroatoms. The maximum atomic E-state index is 11.6. The Kier molecular flexibility index (Phi) is 4.10. The van der Waals surface area contributed by atoms with E-state index in [0.717, 1.165) is 24.2 Å². The molecular weight excluding hydrogens is 240 g/mol. The molecule has 19 heavy (non-hydrogen) atoms. The molecular formula is C15H22N2O2. The number of benzene rings is 1. The molecule has 0 aliphatic heterocycles. The summed E-state index contributed by atoms with van der Waals surface area (Å²) < 4.78 is 5.74. The molecule has 0 aromatic heterocycles. The van der Waals surface area contributed by atoms with Gasteiger partial charge in [-0.05, 0) is 38.3 Å². The van der Waals surface area contributed by atoms with Crippen molar-refractivity contribution in [2.75, 3.05) is 6.61 Å². The zero-order chi connectivity index (χ0) is 13.9. The predicted molar refractivity (Wildman–Crippen MR) is 75.0 cm³/mol. The van der Waals surface area contributed by atoms with Crippen molar-refractivity contribution < 1.29 is 9.53 Å². The van der Waals surface area contributed by atoms with E-state index in [9.17, 15) is 4.79 Å². The number of carbonyl (C=O) groups excluding carboxylic acids is 1. The Bertz CT molecular complexity index is 457. The van der Waals surface area contributed by atoms with Crippen LogP contribution in [0.5, 0.6) is 5.75 Å². The van der Waals surface area contributed by atoms with Crippen LogP contribution in [0.15, 0.2) is 24.3 Å². The number of para-hydroxylation sites is 1. The van der Waals surface area contributed by atoms with Crippen LogP contribution >= 0.6 is 0 Å². The SMILES string of the molecule is Cc1ccccc1OCCC(C)(NC1CC1)C(N)=O. The lowest BCUT2D eigenvalue weighted by Crippen LogP contribution is -2.54. The lowest BCUT2D eigenvalue weighted by atomic mass is 9.97. The lowest BCUT2D eigenvalue weighted by molar-refractivity contribution is -0.124. The van der Waals surface area contributed by atoms with E-state index in [1.54, 1.807) is 0 Å². The average molecular weight is 262 g/mol. The maximum absolute atomic E-state index is 11.6. The summed E-state index contributed by atoms with van der Waals surface area (Å²) in [5.74, 6) is 0.550. The van der Waals surface area contributed by atoms with Gasteiger partial charge in [0.25, 0.3) is 0 Å². The van der Waals surface area contributed by atoms with Gasteiger partial charge in [0.2, 0.25) is 5.91 Å². The number of nitrogens with two attached hydrogens (primary N) is 1. The standard InChI is InChI=1S/C15H22N2O2/c1-11-5-3-4-6-13(11)19-10-9-15(2,14(16)18)17-12-7-8-12/h3-6,12,17H,7-10H2,1-2H3,(H2,16,18). The Morgan fingerprint density at radius 2 is 2.16 bits per heavy atom. The van der Waals surface area contributed by atoms with E-state index in [2.05, 4.69) is 5.32 Å². The van der Waals surface area contributed by atoms with Crippen molar-refractivity contribution in [2.45, 2.75) is 44.7 Å². The Hall–Kier alpha value is -1.55. The van der Waals surface area contributed by atoms with Gasteiger partial charge in [-0.25, -0.2) is 0 Å². The van der Waals surface area contributed by atoms with Gasteiger partial charge in [-0.3, -0.25) is 4.79 Å². The number of rotatable bonds is 7. The highest BCUT2D eigenvalue weighted by Gasteiger charge is 2.36. The molecule has 0 saturated heterocycles. The minimum Gasteiger partial charge on any atom is -0.493 e. The number of hydrogen-bond acceptors (Lipinski definition) is 3. The van der Waals surface area contributed by atoms with Gasteiger partial charge in [-0.15, -0.1) is 0 Å². The van der Waals surface area contributed by atoms with Crippen LogP contribution in [0.2, 0.25) is 0 Å². The Balaban J connectivity index is 1.88. The smallest absolute Gasteiger partial charge is 0.237 e. The highest BCUT2D eigenvalue weighted by atomic mass is 16.5. The van der Waals surface area contributed by atoms with E-state index in [0.29, 0.717) is 19.1 Å². The number of carbonyl (C=O) groups is 1. The number of amides is 1. The van der Waals surface area contributed by atoms with E-state index in [-0.39, 0.29) is 5.91 Å². The van der Waals surface area contributed by atoms with Crippen molar-refractivity contribution in [3.05, 3.63) is 29.8 Å². The molecule has 1 atom stereocenters. The summed E-state index contributed by atoms with van der Waals surface area (Å²) in [6.45, 7) is 4.34. The molecule has 1 aliphatic carbocycles. The minimum atomic E-state index is -0.677. The summed E-state index contributed by atoms with van der Waals surface area (Å²) >= 11 is 0. The van der Waals surface area contributed by atoms with Gasteiger partial charge < -0.3 is 15.8 Å². The molecule has 2 rings (SSSR count). The van der Waals surface area contributed by atoms with E-state index in [1.807, 2.05) is 38.1 Å². The first-order valence-corrected chi connectivity index (χ1v) is 6.77. The molecule has 1 aromatic rings. The molecule has 1 fully saturated rings. The van der Waals surface area contributed by atoms with Crippen LogP contribution in [-0.4, -0.2) is 24.1 Å². The highest BCUT2D eigenvalue weighted by molar-refractivity contribution is 5.84. The van der Waals surface area contributed by atoms with Crippen molar-refractivity contribution in [1.82, 2.24) is 5.32 Å². The topological polar surface area (TPSA) is 64.3 Å². The monoisotopic (exact) mass is 262 g/mol. The first-order chi connectivity index (χ1) is 9.01. The molecule has 1 aromatic carbocycles.